The summed E-state index contributed by atoms with van der Waals surface area (Å²) in [6.45, 7) is 2.92. The third kappa shape index (κ3) is 4.88. The number of hydrogen-bond donors (Lipinski definition) is 1. The van der Waals surface area contributed by atoms with Crippen LogP contribution in [0.1, 0.15) is 19.8 Å². The maximum Gasteiger partial charge on any atom is 0.236 e. The minimum absolute atomic E-state index is 0.176. The van der Waals surface area contributed by atoms with E-state index in [1.54, 1.807) is 13.2 Å². The maximum absolute atomic E-state index is 12.1. The van der Waals surface area contributed by atoms with E-state index in [0.29, 0.717) is 11.0 Å². The number of anilines is 1. The lowest BCUT2D eigenvalue weighted by Crippen LogP contribution is -2.15. The van der Waals surface area contributed by atoms with E-state index in [1.165, 1.54) is 18.0 Å². The molecule has 0 aliphatic carbocycles. The highest BCUT2D eigenvalue weighted by atomic mass is 32.2. The number of unbranched alkanes of at least 4 members (excludes halogenated alkanes) is 1. The number of aromatic nitrogens is 4. The molecule has 0 atom stereocenters. The highest BCUT2D eigenvalue weighted by molar-refractivity contribution is 7.99. The summed E-state index contributed by atoms with van der Waals surface area (Å²) in [5, 5.41) is 15.7. The molecule has 27 heavy (non-hydrogen) atoms. The van der Waals surface area contributed by atoms with Crippen LogP contribution in [0.25, 0.3) is 11.4 Å². The summed E-state index contributed by atoms with van der Waals surface area (Å²) in [6.07, 6.45) is 3.46. The smallest absolute Gasteiger partial charge is 0.236 e. The van der Waals surface area contributed by atoms with Gasteiger partial charge in [-0.2, -0.15) is 0 Å². The van der Waals surface area contributed by atoms with Gasteiger partial charge in [0.2, 0.25) is 5.91 Å². The van der Waals surface area contributed by atoms with Gasteiger partial charge in [-0.3, -0.25) is 4.79 Å². The molecule has 0 saturated carbocycles. The van der Waals surface area contributed by atoms with Crippen LogP contribution < -0.4 is 10.1 Å². The monoisotopic (exact) mass is 387 g/mol. The Balaban J connectivity index is 1.73. The maximum atomic E-state index is 12.1. The molecule has 0 fully saturated rings. The third-order valence-corrected chi connectivity index (χ3v) is 4.80. The van der Waals surface area contributed by atoms with Crippen molar-refractivity contribution in [2.24, 2.45) is 0 Å². The van der Waals surface area contributed by atoms with Crippen LogP contribution in [0.2, 0.25) is 0 Å². The first-order valence-electron chi connectivity index (χ1n) is 8.62. The molecule has 3 aromatic rings. The minimum Gasteiger partial charge on any atom is -0.497 e. The second-order valence-corrected chi connectivity index (χ2v) is 6.70. The fourth-order valence-corrected chi connectivity index (χ4v) is 3.22. The molecule has 3 rings (SSSR count). The minimum atomic E-state index is -0.176. The lowest BCUT2D eigenvalue weighted by atomic mass is 10.2. The Bertz CT molecular complexity index is 862. The van der Waals surface area contributed by atoms with Gasteiger partial charge in [0.15, 0.2) is 16.8 Å². The lowest BCUT2D eigenvalue weighted by Gasteiger charge is -2.10. The summed E-state index contributed by atoms with van der Waals surface area (Å²) in [7, 11) is 1.64. The van der Waals surface area contributed by atoms with Crippen molar-refractivity contribution in [3.63, 3.8) is 0 Å². The number of nitrogens with one attached hydrogen (secondary N) is 1. The average Bonchev–Trinajstić information content (AvgIpc) is 3.34. The van der Waals surface area contributed by atoms with Gasteiger partial charge in [-0.1, -0.05) is 30.3 Å². The molecule has 0 saturated heterocycles. The highest BCUT2D eigenvalue weighted by Crippen LogP contribution is 2.26. The van der Waals surface area contributed by atoms with E-state index in [-0.39, 0.29) is 11.7 Å². The molecule has 0 aliphatic heterocycles. The Kier molecular flexibility index (Phi) is 6.48. The van der Waals surface area contributed by atoms with E-state index < -0.39 is 0 Å². The molecule has 9 heteroatoms. The van der Waals surface area contributed by atoms with E-state index in [4.69, 9.17) is 9.26 Å². The van der Waals surface area contributed by atoms with Crippen molar-refractivity contribution < 1.29 is 14.1 Å². The van der Waals surface area contributed by atoms with Crippen LogP contribution in [0.3, 0.4) is 0 Å². The SMILES string of the molecule is CCCCn1c(SCC(=O)Nc2ccon2)nnc1-c1ccc(OC)cc1. The Morgan fingerprint density at radius 3 is 2.74 bits per heavy atom. The zero-order valence-corrected chi connectivity index (χ0v) is 16.0. The van der Waals surface area contributed by atoms with Gasteiger partial charge >= 0.3 is 0 Å². The Morgan fingerprint density at radius 1 is 1.26 bits per heavy atom. The van der Waals surface area contributed by atoms with Gasteiger partial charge in [-0.15, -0.1) is 10.2 Å². The van der Waals surface area contributed by atoms with Crippen molar-refractivity contribution >= 4 is 23.5 Å². The van der Waals surface area contributed by atoms with Crippen LogP contribution in [-0.2, 0) is 11.3 Å². The molecule has 0 radical (unpaired) electrons. The van der Waals surface area contributed by atoms with Crippen molar-refractivity contribution in [1.82, 2.24) is 19.9 Å². The molecule has 1 amide bonds. The van der Waals surface area contributed by atoms with Crippen molar-refractivity contribution in [2.75, 3.05) is 18.2 Å². The number of nitrogens with zero attached hydrogens (tertiary/aromatic N) is 4. The standard InChI is InChI=1S/C18H21N5O3S/c1-3-4-10-23-17(13-5-7-14(25-2)8-6-13)20-21-18(23)27-12-16(24)19-15-9-11-26-22-15/h5-9,11H,3-4,10,12H2,1-2H3,(H,19,22,24). The summed E-state index contributed by atoms with van der Waals surface area (Å²) in [5.41, 5.74) is 0.957. The Morgan fingerprint density at radius 2 is 2.07 bits per heavy atom. The fourth-order valence-electron chi connectivity index (χ4n) is 2.45. The van der Waals surface area contributed by atoms with Crippen molar-refractivity contribution in [1.29, 1.82) is 0 Å². The molecular formula is C18H21N5O3S. The first-order valence-corrected chi connectivity index (χ1v) is 9.60. The second kappa shape index (κ2) is 9.22. The van der Waals surface area contributed by atoms with E-state index in [1.807, 2.05) is 24.3 Å². The molecule has 8 nitrogen and oxygen atoms in total. The number of thioether (sulfide) groups is 1. The van der Waals surface area contributed by atoms with E-state index in [0.717, 1.165) is 36.5 Å². The van der Waals surface area contributed by atoms with E-state index >= 15 is 0 Å². The zero-order chi connectivity index (χ0) is 19.1. The Labute approximate surface area is 161 Å². The van der Waals surface area contributed by atoms with Crippen LogP contribution in [0.5, 0.6) is 5.75 Å². The summed E-state index contributed by atoms with van der Waals surface area (Å²) in [5.74, 6) is 2.00. The topological polar surface area (TPSA) is 95.1 Å². The number of benzene rings is 1. The number of ether oxygens (including phenoxy) is 1. The lowest BCUT2D eigenvalue weighted by molar-refractivity contribution is -0.113. The predicted octanol–water partition coefficient (Wildman–Crippen LogP) is 3.47. The number of carbonyl (C=O) groups excluding carboxylic acids is 1. The largest absolute Gasteiger partial charge is 0.497 e. The highest BCUT2D eigenvalue weighted by Gasteiger charge is 2.16. The van der Waals surface area contributed by atoms with Gasteiger partial charge in [0.25, 0.3) is 0 Å². The zero-order valence-electron chi connectivity index (χ0n) is 15.2. The molecule has 0 aliphatic rings. The van der Waals surface area contributed by atoms with Gasteiger partial charge < -0.3 is 19.1 Å². The summed E-state index contributed by atoms with van der Waals surface area (Å²) in [4.78, 5) is 12.1. The average molecular weight is 387 g/mol. The number of carbonyl (C=O) groups is 1. The first-order chi connectivity index (χ1) is 13.2. The molecule has 2 aromatic heterocycles. The van der Waals surface area contributed by atoms with Crippen LogP contribution in [-0.4, -0.2) is 38.7 Å². The molecule has 0 spiro atoms. The van der Waals surface area contributed by atoms with Crippen molar-refractivity contribution in [2.45, 2.75) is 31.5 Å². The number of amides is 1. The molecule has 0 unspecified atom stereocenters. The fraction of sp³-hybridized carbons (Fsp3) is 0.333. The predicted molar refractivity (Wildman–Crippen MR) is 103 cm³/mol. The molecule has 142 valence electrons. The number of hydrogen-bond acceptors (Lipinski definition) is 7. The Hall–Kier alpha value is -2.81. The van der Waals surface area contributed by atoms with Gasteiger partial charge in [0, 0.05) is 18.2 Å². The quantitative estimate of drug-likeness (QED) is 0.562. The summed E-state index contributed by atoms with van der Waals surface area (Å²) >= 11 is 1.34. The van der Waals surface area contributed by atoms with Crippen molar-refractivity contribution in [3.8, 4) is 17.1 Å². The van der Waals surface area contributed by atoms with E-state index in [9.17, 15) is 4.79 Å². The van der Waals surface area contributed by atoms with Gasteiger partial charge in [-0.05, 0) is 30.7 Å². The second-order valence-electron chi connectivity index (χ2n) is 5.76. The number of rotatable bonds is 9. The molecule has 1 aromatic carbocycles. The van der Waals surface area contributed by atoms with Crippen LogP contribution >= 0.6 is 11.8 Å². The van der Waals surface area contributed by atoms with Gasteiger partial charge in [-0.25, -0.2) is 0 Å². The van der Waals surface area contributed by atoms with Crippen LogP contribution in [0.15, 0.2) is 46.3 Å². The molecular weight excluding hydrogens is 366 g/mol. The van der Waals surface area contributed by atoms with E-state index in [2.05, 4.69) is 32.2 Å². The van der Waals surface area contributed by atoms with Crippen LogP contribution in [0, 0.1) is 0 Å². The van der Waals surface area contributed by atoms with Crippen molar-refractivity contribution in [3.05, 3.63) is 36.6 Å². The number of methoxy groups -OCH3 is 1. The van der Waals surface area contributed by atoms with Crippen LogP contribution in [0.4, 0.5) is 5.82 Å². The first kappa shape index (κ1) is 19.0. The summed E-state index contributed by atoms with van der Waals surface area (Å²) in [6, 6.07) is 9.29. The summed E-state index contributed by atoms with van der Waals surface area (Å²) < 4.78 is 12.0. The normalized spacial score (nSPS) is 10.7. The molecule has 2 heterocycles. The van der Waals surface area contributed by atoms with Gasteiger partial charge in [0.1, 0.15) is 12.0 Å². The van der Waals surface area contributed by atoms with Gasteiger partial charge in [0.05, 0.1) is 12.9 Å². The molecule has 1 N–H and O–H groups in total. The third-order valence-electron chi connectivity index (χ3n) is 3.84. The molecule has 0 bridgehead atoms.